The molecule has 0 saturated heterocycles. The number of benzene rings is 2. The third kappa shape index (κ3) is 3.94. The lowest BCUT2D eigenvalue weighted by molar-refractivity contribution is 0.374. The molecule has 0 bridgehead atoms. The lowest BCUT2D eigenvalue weighted by Gasteiger charge is -2.27. The molecule has 2 aromatic rings. The summed E-state index contributed by atoms with van der Waals surface area (Å²) >= 11 is 3.48. The molecule has 1 unspecified atom stereocenters. The van der Waals surface area contributed by atoms with Gasteiger partial charge in [-0.2, -0.15) is 0 Å². The number of hydrogen-bond donors (Lipinski definition) is 1. The maximum absolute atomic E-state index is 3.75. The van der Waals surface area contributed by atoms with Gasteiger partial charge in [0.05, 0.1) is 0 Å². The molecule has 0 fully saturated rings. The Morgan fingerprint density at radius 3 is 1.95 bits per heavy atom. The van der Waals surface area contributed by atoms with E-state index < -0.39 is 0 Å². The van der Waals surface area contributed by atoms with Crippen molar-refractivity contribution in [1.82, 2.24) is 5.32 Å². The molecule has 0 amide bonds. The van der Waals surface area contributed by atoms with E-state index in [1.54, 1.807) is 0 Å². The molecule has 2 heteroatoms. The maximum atomic E-state index is 3.75. The van der Waals surface area contributed by atoms with Crippen molar-refractivity contribution in [2.75, 3.05) is 0 Å². The van der Waals surface area contributed by atoms with Crippen LogP contribution in [0.3, 0.4) is 0 Å². The summed E-state index contributed by atoms with van der Waals surface area (Å²) in [7, 11) is 0. The molecule has 2 atom stereocenters. The van der Waals surface area contributed by atoms with Crippen LogP contribution in [0.2, 0.25) is 0 Å². The predicted octanol–water partition coefficient (Wildman–Crippen LogP) is 5.50. The van der Waals surface area contributed by atoms with E-state index in [1.165, 1.54) is 11.1 Å². The zero-order valence-electron chi connectivity index (χ0n) is 12.3. The average Bonchev–Trinajstić information content (AvgIpc) is 2.46. The van der Waals surface area contributed by atoms with E-state index in [9.17, 15) is 0 Å². The normalized spacial score (nSPS) is 14.2. The van der Waals surface area contributed by atoms with Crippen molar-refractivity contribution in [2.24, 2.45) is 5.92 Å². The molecule has 0 heterocycles. The van der Waals surface area contributed by atoms with Crippen LogP contribution in [0.15, 0.2) is 59.1 Å². The van der Waals surface area contributed by atoms with Crippen molar-refractivity contribution in [3.05, 3.63) is 70.2 Å². The number of hydrogen-bond acceptors (Lipinski definition) is 1. The molecule has 2 rings (SSSR count). The fraction of sp³-hybridized carbons (Fsp3) is 0.333. The highest BCUT2D eigenvalue weighted by Gasteiger charge is 2.18. The topological polar surface area (TPSA) is 12.0 Å². The lowest BCUT2D eigenvalue weighted by atomic mass is 9.94. The van der Waals surface area contributed by atoms with Gasteiger partial charge in [-0.15, -0.1) is 0 Å². The molecule has 0 aliphatic heterocycles. The van der Waals surface area contributed by atoms with E-state index in [4.69, 9.17) is 0 Å². The van der Waals surface area contributed by atoms with E-state index in [1.807, 2.05) is 0 Å². The molecule has 0 aromatic heterocycles. The van der Waals surface area contributed by atoms with Gasteiger partial charge in [0, 0.05) is 16.6 Å². The van der Waals surface area contributed by atoms with Crippen molar-refractivity contribution in [3.63, 3.8) is 0 Å². The molecule has 1 nitrogen and oxygen atoms in total. The molecular weight excluding hydrogens is 310 g/mol. The summed E-state index contributed by atoms with van der Waals surface area (Å²) < 4.78 is 1.12. The summed E-state index contributed by atoms with van der Waals surface area (Å²) in [5.41, 5.74) is 2.67. The minimum Gasteiger partial charge on any atom is -0.303 e. The van der Waals surface area contributed by atoms with Gasteiger partial charge in [-0.3, -0.25) is 0 Å². The summed E-state index contributed by atoms with van der Waals surface area (Å²) in [6.07, 6.45) is 0. The summed E-state index contributed by atoms with van der Waals surface area (Å²) in [5, 5.41) is 3.75. The minimum atomic E-state index is 0.329. The molecule has 2 aromatic carbocycles. The third-order valence-corrected chi connectivity index (χ3v) is 4.15. The fourth-order valence-corrected chi connectivity index (χ4v) is 2.72. The van der Waals surface area contributed by atoms with E-state index in [0.29, 0.717) is 18.0 Å². The maximum Gasteiger partial charge on any atom is 0.0348 e. The van der Waals surface area contributed by atoms with Crippen LogP contribution in [0.5, 0.6) is 0 Å². The van der Waals surface area contributed by atoms with Gasteiger partial charge in [-0.1, -0.05) is 72.2 Å². The van der Waals surface area contributed by atoms with Gasteiger partial charge in [-0.25, -0.2) is 0 Å². The highest BCUT2D eigenvalue weighted by Crippen LogP contribution is 2.26. The van der Waals surface area contributed by atoms with Crippen LogP contribution in [0.25, 0.3) is 0 Å². The zero-order valence-corrected chi connectivity index (χ0v) is 13.9. The molecule has 0 aliphatic rings. The van der Waals surface area contributed by atoms with Crippen molar-refractivity contribution in [2.45, 2.75) is 32.9 Å². The van der Waals surface area contributed by atoms with Gasteiger partial charge >= 0.3 is 0 Å². The Bertz CT molecular complexity index is 519. The Labute approximate surface area is 130 Å². The van der Waals surface area contributed by atoms with Gasteiger partial charge in [-0.05, 0) is 36.1 Å². The average molecular weight is 332 g/mol. The van der Waals surface area contributed by atoms with Crippen LogP contribution in [-0.2, 0) is 0 Å². The first-order chi connectivity index (χ1) is 9.58. The highest BCUT2D eigenvalue weighted by molar-refractivity contribution is 9.10. The Morgan fingerprint density at radius 2 is 1.40 bits per heavy atom. The van der Waals surface area contributed by atoms with Crippen molar-refractivity contribution in [3.8, 4) is 0 Å². The Balaban J connectivity index is 2.14. The van der Waals surface area contributed by atoms with Gasteiger partial charge in [0.1, 0.15) is 0 Å². The van der Waals surface area contributed by atoms with Crippen molar-refractivity contribution in [1.29, 1.82) is 0 Å². The van der Waals surface area contributed by atoms with Crippen LogP contribution in [0.1, 0.15) is 44.0 Å². The summed E-state index contributed by atoms with van der Waals surface area (Å²) in [5.74, 6) is 0.551. The number of rotatable bonds is 5. The predicted molar refractivity (Wildman–Crippen MR) is 89.7 cm³/mol. The number of halogens is 1. The first-order valence-corrected chi connectivity index (χ1v) is 7.93. The zero-order chi connectivity index (χ0) is 14.5. The quantitative estimate of drug-likeness (QED) is 0.763. The number of nitrogens with one attached hydrogen (secondary N) is 1. The van der Waals surface area contributed by atoms with E-state index in [0.717, 1.165) is 4.47 Å². The van der Waals surface area contributed by atoms with Crippen LogP contribution in [-0.4, -0.2) is 0 Å². The standard InChI is InChI=1S/C18H22BrN/c1-13(2)18(16-7-5-4-6-8-16)20-14(3)15-9-11-17(19)12-10-15/h4-14,18,20H,1-3H3/t14-,18?/m0/s1. The monoisotopic (exact) mass is 331 g/mol. The molecule has 0 spiro atoms. The van der Waals surface area contributed by atoms with Gasteiger partial charge in [0.15, 0.2) is 0 Å². The summed E-state index contributed by atoms with van der Waals surface area (Å²) in [6, 6.07) is 19.9. The third-order valence-electron chi connectivity index (χ3n) is 3.62. The second kappa shape index (κ2) is 7.05. The highest BCUT2D eigenvalue weighted by atomic mass is 79.9. The Hall–Kier alpha value is -1.12. The minimum absolute atomic E-state index is 0.329. The van der Waals surface area contributed by atoms with Crippen molar-refractivity contribution >= 4 is 15.9 Å². The van der Waals surface area contributed by atoms with Crippen LogP contribution < -0.4 is 5.32 Å². The molecule has 0 saturated carbocycles. The molecule has 20 heavy (non-hydrogen) atoms. The van der Waals surface area contributed by atoms with Crippen LogP contribution in [0, 0.1) is 5.92 Å². The summed E-state index contributed by atoms with van der Waals surface area (Å²) in [4.78, 5) is 0. The van der Waals surface area contributed by atoms with E-state index >= 15 is 0 Å². The van der Waals surface area contributed by atoms with Crippen LogP contribution >= 0.6 is 15.9 Å². The van der Waals surface area contributed by atoms with E-state index in [2.05, 4.69) is 96.6 Å². The Morgan fingerprint density at radius 1 is 0.800 bits per heavy atom. The van der Waals surface area contributed by atoms with Gasteiger partial charge in [0.25, 0.3) is 0 Å². The van der Waals surface area contributed by atoms with E-state index in [-0.39, 0.29) is 0 Å². The summed E-state index contributed by atoms with van der Waals surface area (Å²) in [6.45, 7) is 6.75. The molecular formula is C18H22BrN. The second-order valence-corrected chi connectivity index (χ2v) is 6.49. The molecule has 0 radical (unpaired) electrons. The molecule has 0 aliphatic carbocycles. The van der Waals surface area contributed by atoms with Gasteiger partial charge < -0.3 is 5.32 Å². The largest absolute Gasteiger partial charge is 0.303 e. The van der Waals surface area contributed by atoms with Crippen molar-refractivity contribution < 1.29 is 0 Å². The second-order valence-electron chi connectivity index (χ2n) is 5.57. The smallest absolute Gasteiger partial charge is 0.0348 e. The SMILES string of the molecule is CC(C)C(N[C@@H](C)c1ccc(Br)cc1)c1ccccc1. The molecule has 106 valence electrons. The fourth-order valence-electron chi connectivity index (χ4n) is 2.45. The first kappa shape index (κ1) is 15.3. The first-order valence-electron chi connectivity index (χ1n) is 7.14. The van der Waals surface area contributed by atoms with Gasteiger partial charge in [0.2, 0.25) is 0 Å². The Kier molecular flexibility index (Phi) is 5.38. The lowest BCUT2D eigenvalue weighted by Crippen LogP contribution is -2.28. The van der Waals surface area contributed by atoms with Crippen LogP contribution in [0.4, 0.5) is 0 Å². The molecule has 1 N–H and O–H groups in total.